The molecule has 0 atom stereocenters. The molecule has 0 bridgehead atoms. The van der Waals surface area contributed by atoms with E-state index in [1.807, 2.05) is 0 Å². The van der Waals surface area contributed by atoms with Gasteiger partial charge in [-0.25, -0.2) is 18.2 Å². The van der Waals surface area contributed by atoms with Gasteiger partial charge in [0.25, 0.3) is 5.91 Å². The first-order chi connectivity index (χ1) is 13.7. The minimum atomic E-state index is -3.47. The molecule has 1 heterocycles. The van der Waals surface area contributed by atoms with Crippen LogP contribution in [0.25, 0.3) is 0 Å². The van der Waals surface area contributed by atoms with Gasteiger partial charge in [-0.05, 0) is 45.0 Å². The number of esters is 1. The minimum absolute atomic E-state index is 0.0819. The van der Waals surface area contributed by atoms with Gasteiger partial charge in [-0.1, -0.05) is 0 Å². The van der Waals surface area contributed by atoms with Crippen molar-refractivity contribution in [3.05, 3.63) is 47.3 Å². The number of aromatic nitrogens is 1. The van der Waals surface area contributed by atoms with Gasteiger partial charge in [0.1, 0.15) is 11.4 Å². The summed E-state index contributed by atoms with van der Waals surface area (Å²) in [6.45, 7) is 5.08. The van der Waals surface area contributed by atoms with E-state index in [-0.39, 0.29) is 35.1 Å². The van der Waals surface area contributed by atoms with Crippen LogP contribution in [0.4, 0.5) is 11.4 Å². The van der Waals surface area contributed by atoms with Crippen LogP contribution in [0, 0.1) is 6.92 Å². The second kappa shape index (κ2) is 9.37. The molecule has 0 unspecified atom stereocenters. The maximum atomic E-state index is 12.5. The van der Waals surface area contributed by atoms with Crippen molar-refractivity contribution >= 4 is 33.3 Å². The third kappa shape index (κ3) is 5.67. The Morgan fingerprint density at radius 3 is 2.45 bits per heavy atom. The number of ether oxygens (including phenoxy) is 2. The standard InChI is InChI=1S/C19H23N3O6S/c1-5-28-19(24)14-8-10-16(20-12(14)3)18(23)21-13-7-9-15(17(11-13)27-4)22-29(25,26)6-2/h7-11,22H,5-6H2,1-4H3,(H,21,23). The fourth-order valence-corrected chi connectivity index (χ4v) is 3.05. The molecule has 9 nitrogen and oxygen atoms in total. The summed E-state index contributed by atoms with van der Waals surface area (Å²) in [4.78, 5) is 28.5. The molecule has 0 aliphatic rings. The number of hydrogen-bond donors (Lipinski definition) is 2. The SMILES string of the molecule is CCOC(=O)c1ccc(C(=O)Nc2ccc(NS(=O)(=O)CC)c(OC)c2)nc1C. The zero-order valence-corrected chi connectivity index (χ0v) is 17.4. The van der Waals surface area contributed by atoms with Crippen molar-refractivity contribution in [1.29, 1.82) is 0 Å². The molecule has 2 N–H and O–H groups in total. The maximum Gasteiger partial charge on any atom is 0.339 e. The zero-order valence-electron chi connectivity index (χ0n) is 16.6. The summed E-state index contributed by atoms with van der Waals surface area (Å²) in [5.41, 5.74) is 1.43. The van der Waals surface area contributed by atoms with Crippen LogP contribution >= 0.6 is 0 Å². The molecule has 0 fully saturated rings. The monoisotopic (exact) mass is 421 g/mol. The molecule has 29 heavy (non-hydrogen) atoms. The summed E-state index contributed by atoms with van der Waals surface area (Å²) in [5, 5.41) is 2.66. The van der Waals surface area contributed by atoms with Crippen LogP contribution in [0.1, 0.15) is 40.4 Å². The number of nitrogens with zero attached hydrogens (tertiary/aromatic N) is 1. The maximum absolute atomic E-state index is 12.5. The average Bonchev–Trinajstić information content (AvgIpc) is 2.68. The van der Waals surface area contributed by atoms with Gasteiger partial charge in [0.05, 0.1) is 36.4 Å². The first-order valence-electron chi connectivity index (χ1n) is 8.85. The van der Waals surface area contributed by atoms with E-state index in [2.05, 4.69) is 15.0 Å². The van der Waals surface area contributed by atoms with Crippen molar-refractivity contribution in [2.45, 2.75) is 20.8 Å². The highest BCUT2D eigenvalue weighted by Crippen LogP contribution is 2.29. The highest BCUT2D eigenvalue weighted by Gasteiger charge is 2.16. The Morgan fingerprint density at radius 1 is 1.14 bits per heavy atom. The molecule has 0 spiro atoms. The predicted molar refractivity (Wildman–Crippen MR) is 109 cm³/mol. The normalized spacial score (nSPS) is 10.9. The van der Waals surface area contributed by atoms with Crippen LogP contribution in [0.3, 0.4) is 0 Å². The van der Waals surface area contributed by atoms with E-state index in [1.54, 1.807) is 13.8 Å². The Hall–Kier alpha value is -3.14. The predicted octanol–water partition coefficient (Wildman–Crippen LogP) is 2.59. The van der Waals surface area contributed by atoms with E-state index in [9.17, 15) is 18.0 Å². The number of methoxy groups -OCH3 is 1. The van der Waals surface area contributed by atoms with Crippen molar-refractivity contribution in [2.75, 3.05) is 29.5 Å². The van der Waals surface area contributed by atoms with E-state index < -0.39 is 21.9 Å². The molecule has 2 rings (SSSR count). The second-order valence-electron chi connectivity index (χ2n) is 5.92. The summed E-state index contributed by atoms with van der Waals surface area (Å²) in [5.74, 6) is -0.824. The van der Waals surface area contributed by atoms with Crippen molar-refractivity contribution in [2.24, 2.45) is 0 Å². The van der Waals surface area contributed by atoms with Crippen molar-refractivity contribution < 1.29 is 27.5 Å². The van der Waals surface area contributed by atoms with E-state index in [1.165, 1.54) is 44.4 Å². The number of anilines is 2. The number of carbonyl (C=O) groups excluding carboxylic acids is 2. The number of nitrogens with one attached hydrogen (secondary N) is 2. The number of rotatable bonds is 8. The lowest BCUT2D eigenvalue weighted by Crippen LogP contribution is -2.17. The molecule has 1 amide bonds. The van der Waals surface area contributed by atoms with Gasteiger partial charge >= 0.3 is 5.97 Å². The lowest BCUT2D eigenvalue weighted by atomic mass is 10.2. The molecule has 10 heteroatoms. The highest BCUT2D eigenvalue weighted by molar-refractivity contribution is 7.92. The molecule has 1 aromatic heterocycles. The largest absolute Gasteiger partial charge is 0.494 e. The molecule has 0 aliphatic heterocycles. The minimum Gasteiger partial charge on any atom is -0.494 e. The molecular formula is C19H23N3O6S. The van der Waals surface area contributed by atoms with E-state index in [0.29, 0.717) is 11.4 Å². The number of pyridine rings is 1. The quantitative estimate of drug-likeness (QED) is 0.628. The second-order valence-corrected chi connectivity index (χ2v) is 7.94. The summed E-state index contributed by atoms with van der Waals surface area (Å²) in [6, 6.07) is 7.43. The topological polar surface area (TPSA) is 124 Å². The van der Waals surface area contributed by atoms with E-state index >= 15 is 0 Å². The Morgan fingerprint density at radius 2 is 1.86 bits per heavy atom. The first kappa shape index (κ1) is 22.2. The smallest absolute Gasteiger partial charge is 0.339 e. The lowest BCUT2D eigenvalue weighted by molar-refractivity contribution is 0.0524. The fourth-order valence-electron chi connectivity index (χ4n) is 2.40. The summed E-state index contributed by atoms with van der Waals surface area (Å²) >= 11 is 0. The number of benzene rings is 1. The molecule has 0 saturated carbocycles. The third-order valence-electron chi connectivity index (χ3n) is 3.92. The molecule has 156 valence electrons. The zero-order chi connectivity index (χ0) is 21.6. The van der Waals surface area contributed by atoms with Gasteiger partial charge in [0.2, 0.25) is 10.0 Å². The fraction of sp³-hybridized carbons (Fsp3) is 0.316. The molecule has 0 aliphatic carbocycles. The number of amides is 1. The van der Waals surface area contributed by atoms with Gasteiger partial charge in [-0.15, -0.1) is 0 Å². The Bertz CT molecular complexity index is 1020. The molecule has 1 aromatic carbocycles. The number of hydrogen-bond acceptors (Lipinski definition) is 7. The molecule has 2 aromatic rings. The van der Waals surface area contributed by atoms with Gasteiger partial charge in [-0.3, -0.25) is 9.52 Å². The van der Waals surface area contributed by atoms with Crippen LogP contribution in [-0.2, 0) is 14.8 Å². The van der Waals surface area contributed by atoms with Crippen LogP contribution in [0.15, 0.2) is 30.3 Å². The van der Waals surface area contributed by atoms with Crippen molar-refractivity contribution in [3.63, 3.8) is 0 Å². The molecule has 0 radical (unpaired) electrons. The Labute approximate surface area is 169 Å². The van der Waals surface area contributed by atoms with Crippen molar-refractivity contribution in [3.8, 4) is 5.75 Å². The summed E-state index contributed by atoms with van der Waals surface area (Å²) in [7, 11) is -2.08. The highest BCUT2D eigenvalue weighted by atomic mass is 32.2. The lowest BCUT2D eigenvalue weighted by Gasteiger charge is -2.13. The van der Waals surface area contributed by atoms with E-state index in [0.717, 1.165) is 0 Å². The van der Waals surface area contributed by atoms with Crippen LogP contribution in [-0.4, -0.2) is 44.7 Å². The summed E-state index contributed by atoms with van der Waals surface area (Å²) < 4.78 is 36.1. The Balaban J connectivity index is 2.20. The van der Waals surface area contributed by atoms with Crippen LogP contribution < -0.4 is 14.8 Å². The van der Waals surface area contributed by atoms with Gasteiger partial charge < -0.3 is 14.8 Å². The average molecular weight is 421 g/mol. The number of carbonyl (C=O) groups is 2. The Kier molecular flexibility index (Phi) is 7.16. The molecular weight excluding hydrogens is 398 g/mol. The number of sulfonamides is 1. The summed E-state index contributed by atoms with van der Waals surface area (Å²) in [6.07, 6.45) is 0. The third-order valence-corrected chi connectivity index (χ3v) is 5.21. The van der Waals surface area contributed by atoms with E-state index in [4.69, 9.17) is 9.47 Å². The van der Waals surface area contributed by atoms with Gasteiger partial charge in [0, 0.05) is 11.8 Å². The van der Waals surface area contributed by atoms with Gasteiger partial charge in [-0.2, -0.15) is 0 Å². The van der Waals surface area contributed by atoms with Gasteiger partial charge in [0.15, 0.2) is 0 Å². The number of aryl methyl sites for hydroxylation is 1. The van der Waals surface area contributed by atoms with Crippen LogP contribution in [0.2, 0.25) is 0 Å². The molecule has 0 saturated heterocycles. The first-order valence-corrected chi connectivity index (χ1v) is 10.5. The van der Waals surface area contributed by atoms with Crippen LogP contribution in [0.5, 0.6) is 5.75 Å². The van der Waals surface area contributed by atoms with Crippen molar-refractivity contribution in [1.82, 2.24) is 4.98 Å².